The second kappa shape index (κ2) is 6.46. The summed E-state index contributed by atoms with van der Waals surface area (Å²) in [5.41, 5.74) is -0.881. The van der Waals surface area contributed by atoms with Gasteiger partial charge in [-0.15, -0.1) is 0 Å². The van der Waals surface area contributed by atoms with Crippen molar-refractivity contribution in [1.29, 1.82) is 0 Å². The van der Waals surface area contributed by atoms with Gasteiger partial charge in [0.2, 0.25) is 0 Å². The van der Waals surface area contributed by atoms with Gasteiger partial charge in [-0.2, -0.15) is 0 Å². The van der Waals surface area contributed by atoms with Crippen LogP contribution in [0.4, 0.5) is 4.79 Å². The maximum atomic E-state index is 12.0. The molecule has 0 aromatic heterocycles. The van der Waals surface area contributed by atoms with E-state index in [9.17, 15) is 19.5 Å². The van der Waals surface area contributed by atoms with Crippen LogP contribution >= 0.6 is 0 Å². The molecule has 22 heavy (non-hydrogen) atoms. The summed E-state index contributed by atoms with van der Waals surface area (Å²) in [5, 5.41) is 9.29. The van der Waals surface area contributed by atoms with E-state index in [1.54, 1.807) is 0 Å². The lowest BCUT2D eigenvalue weighted by molar-refractivity contribution is -0.165. The van der Waals surface area contributed by atoms with Gasteiger partial charge < -0.3 is 19.5 Å². The average molecular weight is 307 g/mol. The maximum Gasteiger partial charge on any atom is 0.410 e. The maximum absolute atomic E-state index is 12.0. The Morgan fingerprint density at radius 3 is 2.55 bits per heavy atom. The third kappa shape index (κ3) is 3.03. The van der Waals surface area contributed by atoms with Crippen molar-refractivity contribution in [3.8, 4) is 0 Å². The molecule has 0 radical (unpaired) electrons. The van der Waals surface area contributed by atoms with Crippen molar-refractivity contribution in [3.05, 3.63) is 35.9 Å². The van der Waals surface area contributed by atoms with E-state index in [0.29, 0.717) is 0 Å². The van der Waals surface area contributed by atoms with E-state index in [-0.39, 0.29) is 26.1 Å². The molecule has 1 unspecified atom stereocenters. The Labute approximate surface area is 127 Å². The summed E-state index contributed by atoms with van der Waals surface area (Å²) in [6, 6.07) is 9.13. The van der Waals surface area contributed by atoms with Crippen LogP contribution in [0.15, 0.2) is 30.3 Å². The van der Waals surface area contributed by atoms with Gasteiger partial charge in [0, 0.05) is 6.54 Å². The number of benzene rings is 1. The standard InChI is InChI=1S/C15H17NO6/c1-21-13(19)15(12(17)18)7-8-16(10-15)14(20)22-9-11-5-3-2-4-6-11/h2-6H,7-10H2,1H3,(H,17,18). The number of hydrogen-bond acceptors (Lipinski definition) is 5. The zero-order valence-electron chi connectivity index (χ0n) is 12.2. The minimum Gasteiger partial charge on any atom is -0.480 e. The van der Waals surface area contributed by atoms with Crippen molar-refractivity contribution in [2.45, 2.75) is 13.0 Å². The molecule has 1 aliphatic rings. The molecule has 1 aliphatic heterocycles. The number of rotatable bonds is 4. The highest BCUT2D eigenvalue weighted by Crippen LogP contribution is 2.32. The van der Waals surface area contributed by atoms with E-state index in [4.69, 9.17) is 4.74 Å². The molecular weight excluding hydrogens is 290 g/mol. The van der Waals surface area contributed by atoms with E-state index in [0.717, 1.165) is 12.7 Å². The number of methoxy groups -OCH3 is 1. The normalized spacial score (nSPS) is 20.5. The molecule has 7 heteroatoms. The van der Waals surface area contributed by atoms with Crippen LogP contribution in [-0.2, 0) is 25.7 Å². The monoisotopic (exact) mass is 307 g/mol. The average Bonchev–Trinajstić information content (AvgIpc) is 2.99. The molecule has 1 amide bonds. The fourth-order valence-corrected chi connectivity index (χ4v) is 2.40. The quantitative estimate of drug-likeness (QED) is 0.665. The molecule has 1 atom stereocenters. The summed E-state index contributed by atoms with van der Waals surface area (Å²) < 4.78 is 9.70. The van der Waals surface area contributed by atoms with Gasteiger partial charge >= 0.3 is 18.0 Å². The second-order valence-corrected chi connectivity index (χ2v) is 5.09. The van der Waals surface area contributed by atoms with Crippen LogP contribution in [0, 0.1) is 5.41 Å². The Morgan fingerprint density at radius 1 is 1.27 bits per heavy atom. The number of likely N-dealkylation sites (tertiary alicyclic amines) is 1. The summed E-state index contributed by atoms with van der Waals surface area (Å²) in [7, 11) is 1.13. The van der Waals surface area contributed by atoms with E-state index in [1.807, 2.05) is 30.3 Å². The summed E-state index contributed by atoms with van der Waals surface area (Å²) in [6.45, 7) is -0.0217. The summed E-state index contributed by atoms with van der Waals surface area (Å²) >= 11 is 0. The van der Waals surface area contributed by atoms with Crippen molar-refractivity contribution in [2.24, 2.45) is 5.41 Å². The van der Waals surface area contributed by atoms with Crippen molar-refractivity contribution < 1.29 is 29.0 Å². The molecule has 0 aliphatic carbocycles. The van der Waals surface area contributed by atoms with Crippen LogP contribution in [0.3, 0.4) is 0 Å². The van der Waals surface area contributed by atoms with Gasteiger partial charge in [-0.3, -0.25) is 9.59 Å². The highest BCUT2D eigenvalue weighted by atomic mass is 16.6. The van der Waals surface area contributed by atoms with Crippen molar-refractivity contribution in [1.82, 2.24) is 4.90 Å². The topological polar surface area (TPSA) is 93.1 Å². The smallest absolute Gasteiger partial charge is 0.410 e. The van der Waals surface area contributed by atoms with Gasteiger partial charge in [-0.05, 0) is 12.0 Å². The molecule has 1 saturated heterocycles. The van der Waals surface area contributed by atoms with Gasteiger partial charge in [0.1, 0.15) is 6.61 Å². The van der Waals surface area contributed by atoms with Crippen molar-refractivity contribution in [3.63, 3.8) is 0 Å². The SMILES string of the molecule is COC(=O)C1(C(=O)O)CCN(C(=O)OCc2ccccc2)C1. The first-order valence-electron chi connectivity index (χ1n) is 6.77. The zero-order valence-corrected chi connectivity index (χ0v) is 12.2. The number of hydrogen-bond donors (Lipinski definition) is 1. The van der Waals surface area contributed by atoms with Crippen LogP contribution in [0.2, 0.25) is 0 Å². The number of nitrogens with zero attached hydrogens (tertiary/aromatic N) is 1. The third-order valence-electron chi connectivity index (χ3n) is 3.72. The molecule has 1 heterocycles. The lowest BCUT2D eigenvalue weighted by atomic mass is 9.87. The Bertz CT molecular complexity index is 573. The Morgan fingerprint density at radius 2 is 1.95 bits per heavy atom. The predicted molar refractivity (Wildman–Crippen MR) is 74.9 cm³/mol. The molecule has 0 spiro atoms. The number of carbonyl (C=O) groups excluding carboxylic acids is 2. The molecule has 1 aromatic carbocycles. The first-order chi connectivity index (χ1) is 10.5. The fourth-order valence-electron chi connectivity index (χ4n) is 2.40. The first-order valence-corrected chi connectivity index (χ1v) is 6.77. The summed E-state index contributed by atoms with van der Waals surface area (Å²) in [4.78, 5) is 36.3. The lowest BCUT2D eigenvalue weighted by Gasteiger charge is -2.21. The molecule has 0 saturated carbocycles. The second-order valence-electron chi connectivity index (χ2n) is 5.09. The minimum absolute atomic E-state index is 0.00937. The molecule has 1 N–H and O–H groups in total. The van der Waals surface area contributed by atoms with Crippen LogP contribution in [0.5, 0.6) is 0 Å². The highest BCUT2D eigenvalue weighted by Gasteiger charge is 2.53. The predicted octanol–water partition coefficient (Wildman–Crippen LogP) is 1.27. The van der Waals surface area contributed by atoms with Crippen LogP contribution < -0.4 is 0 Å². The number of aliphatic carboxylic acids is 1. The minimum atomic E-state index is -1.71. The van der Waals surface area contributed by atoms with Crippen LogP contribution in [0.25, 0.3) is 0 Å². The molecule has 0 bridgehead atoms. The third-order valence-corrected chi connectivity index (χ3v) is 3.72. The summed E-state index contributed by atoms with van der Waals surface area (Å²) in [5.74, 6) is -2.14. The van der Waals surface area contributed by atoms with Gasteiger partial charge in [0.15, 0.2) is 5.41 Å². The Hall–Kier alpha value is -2.57. The van der Waals surface area contributed by atoms with Gasteiger partial charge in [-0.25, -0.2) is 4.79 Å². The Balaban J connectivity index is 1.98. The molecule has 2 rings (SSSR count). The summed E-state index contributed by atoms with van der Waals surface area (Å²) in [6.07, 6.45) is -0.633. The number of esters is 1. The molecule has 1 aromatic rings. The van der Waals surface area contributed by atoms with Crippen molar-refractivity contribution in [2.75, 3.05) is 20.2 Å². The van der Waals surface area contributed by atoms with Crippen molar-refractivity contribution >= 4 is 18.0 Å². The number of ether oxygens (including phenoxy) is 2. The highest BCUT2D eigenvalue weighted by molar-refractivity contribution is 6.00. The lowest BCUT2D eigenvalue weighted by Crippen LogP contribution is -2.43. The van der Waals surface area contributed by atoms with Crippen LogP contribution in [0.1, 0.15) is 12.0 Å². The number of carbonyl (C=O) groups is 3. The Kier molecular flexibility index (Phi) is 4.65. The van der Waals surface area contributed by atoms with Gasteiger partial charge in [-0.1, -0.05) is 30.3 Å². The fraction of sp³-hybridized carbons (Fsp3) is 0.400. The largest absolute Gasteiger partial charge is 0.480 e. The van der Waals surface area contributed by atoms with Gasteiger partial charge in [0.05, 0.1) is 13.7 Å². The molecule has 7 nitrogen and oxygen atoms in total. The zero-order chi connectivity index (χ0) is 16.2. The van der Waals surface area contributed by atoms with E-state index < -0.39 is 23.4 Å². The van der Waals surface area contributed by atoms with Gasteiger partial charge in [0.25, 0.3) is 0 Å². The first kappa shape index (κ1) is 15.8. The van der Waals surface area contributed by atoms with E-state index in [2.05, 4.69) is 4.74 Å². The number of carboxylic acid groups (broad SMARTS) is 1. The van der Waals surface area contributed by atoms with E-state index >= 15 is 0 Å². The van der Waals surface area contributed by atoms with E-state index in [1.165, 1.54) is 4.90 Å². The molecular formula is C15H17NO6. The number of carboxylic acids is 1. The van der Waals surface area contributed by atoms with Crippen LogP contribution in [-0.4, -0.2) is 48.2 Å². The molecule has 1 fully saturated rings. The number of amides is 1. The molecule has 118 valence electrons.